The van der Waals surface area contributed by atoms with Crippen molar-refractivity contribution in [1.29, 1.82) is 0 Å². The number of fused-ring (bicyclic) bond motifs is 2. The number of carbonyl (C=O) groups is 1. The van der Waals surface area contributed by atoms with Gasteiger partial charge in [0.15, 0.2) is 18.1 Å². The molecule has 0 fully saturated rings. The number of hydrogen-bond acceptors (Lipinski definition) is 6. The third kappa shape index (κ3) is 5.99. The monoisotopic (exact) mass is 630 g/mol. The van der Waals surface area contributed by atoms with Gasteiger partial charge in [-0.3, -0.25) is 9.59 Å². The zero-order chi connectivity index (χ0) is 30.1. The maximum absolute atomic E-state index is 13.5. The van der Waals surface area contributed by atoms with Crippen LogP contribution in [0.5, 0.6) is 5.75 Å². The first-order valence-corrected chi connectivity index (χ1v) is 14.1. The molecule has 11 heteroatoms. The van der Waals surface area contributed by atoms with Crippen LogP contribution in [0.1, 0.15) is 11.1 Å². The third-order valence-electron chi connectivity index (χ3n) is 6.56. The van der Waals surface area contributed by atoms with Gasteiger partial charge in [-0.2, -0.15) is 9.78 Å². The summed E-state index contributed by atoms with van der Waals surface area (Å²) in [4.78, 5) is 30.7. The van der Waals surface area contributed by atoms with Crippen molar-refractivity contribution in [3.05, 3.63) is 121 Å². The standard InChI is InChI=1S/C32H21Cl3N4O4/c1-18-6-2-4-8-25(18)37-29(40)17-42-30-23(34)12-19(13-24(30)35)16-36-39-31(38-26-9-5-3-7-22(26)32(39)41)28-15-20-14-21(33)10-11-27(20)43-28/h2-16H,17H2,1H3,(H,37,40). The van der Waals surface area contributed by atoms with E-state index in [1.165, 1.54) is 6.21 Å². The normalized spacial score (nSPS) is 11.4. The Labute approximate surface area is 260 Å². The van der Waals surface area contributed by atoms with Gasteiger partial charge in [0.25, 0.3) is 11.5 Å². The fourth-order valence-electron chi connectivity index (χ4n) is 4.47. The van der Waals surface area contributed by atoms with Crippen LogP contribution in [0.2, 0.25) is 15.1 Å². The van der Waals surface area contributed by atoms with Crippen molar-refractivity contribution < 1.29 is 13.9 Å². The number of ether oxygens (including phenoxy) is 1. The predicted molar refractivity (Wildman–Crippen MR) is 171 cm³/mol. The molecule has 2 aromatic heterocycles. The largest absolute Gasteiger partial charge is 0.481 e. The average molecular weight is 632 g/mol. The van der Waals surface area contributed by atoms with Crippen LogP contribution in [-0.4, -0.2) is 28.4 Å². The first kappa shape index (κ1) is 28.5. The molecule has 0 atom stereocenters. The van der Waals surface area contributed by atoms with Crippen molar-refractivity contribution in [2.45, 2.75) is 6.92 Å². The molecule has 0 saturated carbocycles. The summed E-state index contributed by atoms with van der Waals surface area (Å²) >= 11 is 19.1. The quantitative estimate of drug-likeness (QED) is 0.180. The van der Waals surface area contributed by atoms with E-state index in [4.69, 9.17) is 44.0 Å². The SMILES string of the molecule is Cc1ccccc1NC(=O)COc1c(Cl)cc(C=Nn2c(-c3cc4cc(Cl)ccc4o3)nc3ccccc3c2=O)cc1Cl. The van der Waals surface area contributed by atoms with Crippen LogP contribution in [0, 0.1) is 6.92 Å². The summed E-state index contributed by atoms with van der Waals surface area (Å²) in [5.74, 6) is 0.312. The van der Waals surface area contributed by atoms with Crippen molar-refractivity contribution in [3.63, 3.8) is 0 Å². The average Bonchev–Trinajstić information content (AvgIpc) is 3.40. The Kier molecular flexibility index (Phi) is 7.90. The Morgan fingerprint density at radius 1 is 1.00 bits per heavy atom. The van der Waals surface area contributed by atoms with Gasteiger partial charge < -0.3 is 14.5 Å². The zero-order valence-electron chi connectivity index (χ0n) is 22.5. The molecule has 4 aromatic carbocycles. The number of furan rings is 1. The first-order chi connectivity index (χ1) is 20.8. The van der Waals surface area contributed by atoms with Crippen molar-refractivity contribution >= 4 is 74.5 Å². The summed E-state index contributed by atoms with van der Waals surface area (Å²) in [5, 5.41) is 9.24. The minimum Gasteiger partial charge on any atom is -0.481 e. The number of rotatable bonds is 7. The molecule has 0 unspecified atom stereocenters. The van der Waals surface area contributed by atoms with Crippen LogP contribution in [0.15, 0.2) is 99.2 Å². The van der Waals surface area contributed by atoms with Gasteiger partial charge in [-0.15, -0.1) is 0 Å². The maximum Gasteiger partial charge on any atom is 0.282 e. The summed E-state index contributed by atoms with van der Waals surface area (Å²) in [5.41, 5.74) is 2.76. The van der Waals surface area contributed by atoms with Gasteiger partial charge in [-0.25, -0.2) is 4.98 Å². The molecule has 0 aliphatic carbocycles. The van der Waals surface area contributed by atoms with Crippen LogP contribution in [-0.2, 0) is 4.79 Å². The second kappa shape index (κ2) is 11.9. The molecule has 1 amide bonds. The molecule has 214 valence electrons. The molecule has 6 rings (SSSR count). The van der Waals surface area contributed by atoms with Gasteiger partial charge in [0, 0.05) is 16.1 Å². The molecule has 0 bridgehead atoms. The van der Waals surface area contributed by atoms with E-state index in [1.54, 1.807) is 66.7 Å². The van der Waals surface area contributed by atoms with Crippen LogP contribution in [0.25, 0.3) is 33.5 Å². The third-order valence-corrected chi connectivity index (χ3v) is 7.36. The molecule has 0 spiro atoms. The van der Waals surface area contributed by atoms with E-state index in [-0.39, 0.29) is 34.1 Å². The Bertz CT molecular complexity index is 2100. The predicted octanol–water partition coefficient (Wildman–Crippen LogP) is 7.98. The Hall–Kier alpha value is -4.63. The van der Waals surface area contributed by atoms with Gasteiger partial charge in [-0.1, -0.05) is 65.1 Å². The van der Waals surface area contributed by atoms with Crippen LogP contribution in [0.3, 0.4) is 0 Å². The van der Waals surface area contributed by atoms with Gasteiger partial charge in [0.05, 0.1) is 27.2 Å². The van der Waals surface area contributed by atoms with E-state index < -0.39 is 5.56 Å². The molecule has 0 saturated heterocycles. The minimum absolute atomic E-state index is 0.145. The summed E-state index contributed by atoms with van der Waals surface area (Å²) < 4.78 is 12.8. The highest BCUT2D eigenvalue weighted by atomic mass is 35.5. The molecule has 6 aromatic rings. The molecule has 2 heterocycles. The van der Waals surface area contributed by atoms with E-state index in [1.807, 2.05) is 25.1 Å². The first-order valence-electron chi connectivity index (χ1n) is 13.0. The van der Waals surface area contributed by atoms with Crippen molar-refractivity contribution in [2.24, 2.45) is 5.10 Å². The lowest BCUT2D eigenvalue weighted by Crippen LogP contribution is -2.21. The van der Waals surface area contributed by atoms with Gasteiger partial charge in [0.2, 0.25) is 5.82 Å². The fourth-order valence-corrected chi connectivity index (χ4v) is 5.26. The van der Waals surface area contributed by atoms with E-state index in [0.29, 0.717) is 38.5 Å². The Balaban J connectivity index is 1.30. The summed E-state index contributed by atoms with van der Waals surface area (Å²) in [6.07, 6.45) is 1.42. The van der Waals surface area contributed by atoms with Crippen LogP contribution < -0.4 is 15.6 Å². The van der Waals surface area contributed by atoms with E-state index in [0.717, 1.165) is 15.6 Å². The molecule has 0 aliphatic rings. The summed E-state index contributed by atoms with van der Waals surface area (Å²) in [7, 11) is 0. The number of amides is 1. The molecular formula is C32H21Cl3N4O4. The van der Waals surface area contributed by atoms with Gasteiger partial charge >= 0.3 is 0 Å². The number of nitrogens with zero attached hydrogens (tertiary/aromatic N) is 3. The molecular weight excluding hydrogens is 611 g/mol. The molecule has 0 aliphatic heterocycles. The van der Waals surface area contributed by atoms with Crippen molar-refractivity contribution in [1.82, 2.24) is 9.66 Å². The lowest BCUT2D eigenvalue weighted by atomic mass is 10.2. The number of aromatic nitrogens is 2. The molecule has 43 heavy (non-hydrogen) atoms. The number of carbonyl (C=O) groups excluding carboxylic acids is 1. The number of nitrogens with one attached hydrogen (secondary N) is 1. The van der Waals surface area contributed by atoms with Crippen LogP contribution in [0.4, 0.5) is 5.69 Å². The Morgan fingerprint density at radius 3 is 2.53 bits per heavy atom. The molecule has 0 radical (unpaired) electrons. The summed E-state index contributed by atoms with van der Waals surface area (Å²) in [6.45, 7) is 1.59. The molecule has 8 nitrogen and oxygen atoms in total. The second-order valence-electron chi connectivity index (χ2n) is 9.57. The van der Waals surface area contributed by atoms with Gasteiger partial charge in [0.1, 0.15) is 5.58 Å². The van der Waals surface area contributed by atoms with Crippen LogP contribution >= 0.6 is 34.8 Å². The van der Waals surface area contributed by atoms with E-state index in [2.05, 4.69) is 15.4 Å². The maximum atomic E-state index is 13.5. The lowest BCUT2D eigenvalue weighted by Gasteiger charge is -2.12. The number of benzene rings is 4. The molecule has 1 N–H and O–H groups in total. The highest BCUT2D eigenvalue weighted by molar-refractivity contribution is 6.37. The number of para-hydroxylation sites is 2. The Morgan fingerprint density at radius 2 is 1.74 bits per heavy atom. The number of aryl methyl sites for hydroxylation is 1. The number of halogens is 3. The van der Waals surface area contributed by atoms with Crippen molar-refractivity contribution in [3.8, 4) is 17.3 Å². The number of anilines is 1. The highest BCUT2D eigenvalue weighted by Gasteiger charge is 2.17. The number of hydrogen-bond donors (Lipinski definition) is 1. The highest BCUT2D eigenvalue weighted by Crippen LogP contribution is 2.34. The topological polar surface area (TPSA) is 98.7 Å². The lowest BCUT2D eigenvalue weighted by molar-refractivity contribution is -0.118. The minimum atomic E-state index is -0.396. The fraction of sp³-hybridized carbons (Fsp3) is 0.0625. The van der Waals surface area contributed by atoms with Crippen molar-refractivity contribution in [2.75, 3.05) is 11.9 Å². The van der Waals surface area contributed by atoms with E-state index in [9.17, 15) is 9.59 Å². The zero-order valence-corrected chi connectivity index (χ0v) is 24.7. The summed E-state index contributed by atoms with van der Waals surface area (Å²) in [6, 6.07) is 24.5. The second-order valence-corrected chi connectivity index (χ2v) is 10.8. The smallest absolute Gasteiger partial charge is 0.282 e. The van der Waals surface area contributed by atoms with Gasteiger partial charge in [-0.05, 0) is 72.6 Å². The van der Waals surface area contributed by atoms with E-state index >= 15 is 0 Å².